The standard InChI is InChI=1S/C20H29N2O5/c1-2-3-4-9-14-19(21(24)25)15-10-7-5-6-8-11-16-20(22(26)27)17-12-13-18-23/h6-8,10,14,16H,2-5,9,11-13,15,17H2,1H3/b8-6+,10-7+,19-14-,20-16-. The van der Waals surface area contributed by atoms with E-state index in [2.05, 4.69) is 6.92 Å². The molecule has 0 aliphatic carbocycles. The van der Waals surface area contributed by atoms with Crippen LogP contribution in [0.15, 0.2) is 47.9 Å². The van der Waals surface area contributed by atoms with Crippen molar-refractivity contribution < 1.29 is 14.6 Å². The fraction of sp³-hybridized carbons (Fsp3) is 0.550. The second-order valence-electron chi connectivity index (χ2n) is 6.02. The Morgan fingerprint density at radius 2 is 1.56 bits per heavy atom. The highest BCUT2D eigenvalue weighted by molar-refractivity contribution is 5.50. The lowest BCUT2D eigenvalue weighted by Gasteiger charge is -1.96. The van der Waals surface area contributed by atoms with Gasteiger partial charge in [0.05, 0.1) is 16.3 Å². The average Bonchev–Trinajstić information content (AvgIpc) is 2.63. The largest absolute Gasteiger partial charge is 0.291 e. The first-order valence-corrected chi connectivity index (χ1v) is 9.34. The van der Waals surface area contributed by atoms with E-state index in [-0.39, 0.29) is 29.2 Å². The van der Waals surface area contributed by atoms with Gasteiger partial charge in [-0.2, -0.15) is 0 Å². The summed E-state index contributed by atoms with van der Waals surface area (Å²) < 4.78 is 0. The zero-order chi connectivity index (χ0) is 20.3. The Balaban J connectivity index is 4.27. The molecule has 0 unspecified atom stereocenters. The Kier molecular flexibility index (Phi) is 15.3. The van der Waals surface area contributed by atoms with Gasteiger partial charge in [0, 0.05) is 12.8 Å². The highest BCUT2D eigenvalue weighted by atomic mass is 16.6. The van der Waals surface area contributed by atoms with Crippen molar-refractivity contribution >= 4 is 6.29 Å². The number of nitrogens with zero attached hydrogens (tertiary/aromatic N) is 2. The SMILES string of the molecule is CCCCC/C=C(/C/C=C/C/C=C/C/C=C(/CCC[C]=O)[N+](=O)[O-])[N+](=O)[O-]. The van der Waals surface area contributed by atoms with E-state index in [1.54, 1.807) is 18.4 Å². The molecule has 0 fully saturated rings. The molecule has 0 atom stereocenters. The number of nitro groups is 2. The third-order valence-corrected chi connectivity index (χ3v) is 3.79. The molecule has 0 aromatic heterocycles. The number of rotatable bonds is 16. The zero-order valence-electron chi connectivity index (χ0n) is 16.0. The molecule has 1 radical (unpaired) electrons. The minimum absolute atomic E-state index is 0.106. The average molecular weight is 377 g/mol. The van der Waals surface area contributed by atoms with Crippen LogP contribution in [0.1, 0.15) is 71.1 Å². The second-order valence-corrected chi connectivity index (χ2v) is 6.02. The molecule has 0 aliphatic heterocycles. The molecule has 0 bridgehead atoms. The van der Waals surface area contributed by atoms with Crippen LogP contribution in [0.3, 0.4) is 0 Å². The summed E-state index contributed by atoms with van der Waals surface area (Å²) in [6, 6.07) is 0. The lowest BCUT2D eigenvalue weighted by molar-refractivity contribution is -0.428. The van der Waals surface area contributed by atoms with Crippen LogP contribution in [-0.2, 0) is 4.79 Å². The predicted molar refractivity (Wildman–Crippen MR) is 106 cm³/mol. The Bertz CT molecular complexity index is 577. The Morgan fingerprint density at radius 1 is 0.889 bits per heavy atom. The van der Waals surface area contributed by atoms with Gasteiger partial charge in [-0.25, -0.2) is 0 Å². The summed E-state index contributed by atoms with van der Waals surface area (Å²) in [5.41, 5.74) is 0.326. The minimum Gasteiger partial charge on any atom is -0.291 e. The molecule has 0 saturated carbocycles. The summed E-state index contributed by atoms with van der Waals surface area (Å²) >= 11 is 0. The molecule has 0 saturated heterocycles. The van der Waals surface area contributed by atoms with Gasteiger partial charge in [0.1, 0.15) is 0 Å². The first kappa shape index (κ1) is 24.4. The summed E-state index contributed by atoms with van der Waals surface area (Å²) in [7, 11) is 0. The fourth-order valence-electron chi connectivity index (χ4n) is 2.28. The van der Waals surface area contributed by atoms with Gasteiger partial charge in [-0.3, -0.25) is 25.0 Å². The fourth-order valence-corrected chi connectivity index (χ4v) is 2.28. The molecular formula is C20H29N2O5. The maximum Gasteiger partial charge on any atom is 0.246 e. The van der Waals surface area contributed by atoms with Gasteiger partial charge in [-0.15, -0.1) is 0 Å². The first-order chi connectivity index (χ1) is 13.0. The van der Waals surface area contributed by atoms with Crippen LogP contribution in [0.25, 0.3) is 0 Å². The third kappa shape index (κ3) is 14.3. The highest BCUT2D eigenvalue weighted by Gasteiger charge is 2.08. The molecule has 0 aromatic carbocycles. The molecule has 0 aliphatic rings. The van der Waals surface area contributed by atoms with E-state index in [0.29, 0.717) is 25.7 Å². The summed E-state index contributed by atoms with van der Waals surface area (Å²) in [5, 5.41) is 21.9. The number of hydrogen-bond donors (Lipinski definition) is 0. The molecule has 0 N–H and O–H groups in total. The van der Waals surface area contributed by atoms with Crippen molar-refractivity contribution in [2.45, 2.75) is 71.1 Å². The van der Waals surface area contributed by atoms with E-state index in [0.717, 1.165) is 25.7 Å². The first-order valence-electron chi connectivity index (χ1n) is 9.34. The number of carbonyl (C=O) groups excluding carboxylic acids is 1. The van der Waals surface area contributed by atoms with Gasteiger partial charge in [0.25, 0.3) is 0 Å². The Morgan fingerprint density at radius 3 is 2.19 bits per heavy atom. The van der Waals surface area contributed by atoms with E-state index in [1.165, 1.54) is 6.08 Å². The van der Waals surface area contributed by atoms with Crippen molar-refractivity contribution in [2.75, 3.05) is 0 Å². The van der Waals surface area contributed by atoms with Crippen LogP contribution in [0.5, 0.6) is 0 Å². The molecule has 0 heterocycles. The van der Waals surface area contributed by atoms with E-state index in [4.69, 9.17) is 0 Å². The Hall–Kier alpha value is -2.57. The van der Waals surface area contributed by atoms with Crippen molar-refractivity contribution in [3.63, 3.8) is 0 Å². The minimum atomic E-state index is -0.426. The van der Waals surface area contributed by atoms with Gasteiger partial charge in [-0.05, 0) is 44.3 Å². The summed E-state index contributed by atoms with van der Waals surface area (Å²) in [6.07, 6.45) is 18.3. The van der Waals surface area contributed by atoms with Crippen LogP contribution in [-0.4, -0.2) is 16.1 Å². The number of unbranched alkanes of at least 4 members (excludes halogenated alkanes) is 4. The van der Waals surface area contributed by atoms with Crippen molar-refractivity contribution in [3.05, 3.63) is 68.1 Å². The quantitative estimate of drug-likeness (QED) is 0.154. The third-order valence-electron chi connectivity index (χ3n) is 3.79. The molecule has 0 rings (SSSR count). The number of allylic oxidation sites excluding steroid dienone is 7. The van der Waals surface area contributed by atoms with Crippen LogP contribution in [0.4, 0.5) is 0 Å². The van der Waals surface area contributed by atoms with Crippen molar-refractivity contribution in [1.82, 2.24) is 0 Å². The van der Waals surface area contributed by atoms with Crippen LogP contribution in [0.2, 0.25) is 0 Å². The van der Waals surface area contributed by atoms with Crippen LogP contribution in [0, 0.1) is 20.2 Å². The van der Waals surface area contributed by atoms with Gasteiger partial charge >= 0.3 is 0 Å². The molecule has 7 heteroatoms. The molecule has 149 valence electrons. The summed E-state index contributed by atoms with van der Waals surface area (Å²) in [6.45, 7) is 2.09. The van der Waals surface area contributed by atoms with Gasteiger partial charge in [-0.1, -0.05) is 44.1 Å². The maximum atomic E-state index is 11.0. The van der Waals surface area contributed by atoms with Gasteiger partial charge < -0.3 is 0 Å². The van der Waals surface area contributed by atoms with Crippen LogP contribution >= 0.6 is 0 Å². The van der Waals surface area contributed by atoms with Gasteiger partial charge in [0.15, 0.2) is 6.29 Å². The van der Waals surface area contributed by atoms with Crippen molar-refractivity contribution in [3.8, 4) is 0 Å². The van der Waals surface area contributed by atoms with E-state index < -0.39 is 4.92 Å². The second kappa shape index (κ2) is 16.9. The molecule has 0 amide bonds. The lowest BCUT2D eigenvalue weighted by atomic mass is 10.1. The highest BCUT2D eigenvalue weighted by Crippen LogP contribution is 2.10. The molecular weight excluding hydrogens is 348 g/mol. The van der Waals surface area contributed by atoms with E-state index in [1.807, 2.05) is 18.2 Å². The van der Waals surface area contributed by atoms with Crippen LogP contribution < -0.4 is 0 Å². The molecule has 0 aromatic rings. The predicted octanol–water partition coefficient (Wildman–Crippen LogP) is 5.45. The topological polar surface area (TPSA) is 103 Å². The normalized spacial score (nSPS) is 12.8. The van der Waals surface area contributed by atoms with Crippen molar-refractivity contribution in [1.29, 1.82) is 0 Å². The molecule has 27 heavy (non-hydrogen) atoms. The summed E-state index contributed by atoms with van der Waals surface area (Å²) in [5.74, 6) is 0. The van der Waals surface area contributed by atoms with Gasteiger partial charge in [0.2, 0.25) is 11.4 Å². The van der Waals surface area contributed by atoms with E-state index in [9.17, 15) is 25.0 Å². The zero-order valence-corrected chi connectivity index (χ0v) is 16.0. The monoisotopic (exact) mass is 377 g/mol. The molecule has 7 nitrogen and oxygen atoms in total. The lowest BCUT2D eigenvalue weighted by Crippen LogP contribution is -1.98. The van der Waals surface area contributed by atoms with Crippen molar-refractivity contribution in [2.24, 2.45) is 0 Å². The Labute approximate surface area is 160 Å². The molecule has 0 spiro atoms. The maximum absolute atomic E-state index is 11.0. The number of hydrogen-bond acceptors (Lipinski definition) is 5. The van der Waals surface area contributed by atoms with E-state index >= 15 is 0 Å². The summed E-state index contributed by atoms with van der Waals surface area (Å²) in [4.78, 5) is 31.2. The smallest absolute Gasteiger partial charge is 0.246 e.